The van der Waals surface area contributed by atoms with E-state index < -0.39 is 23.8 Å². The fourth-order valence-corrected chi connectivity index (χ4v) is 2.70. The van der Waals surface area contributed by atoms with E-state index in [0.717, 1.165) is 23.6 Å². The Morgan fingerprint density at radius 1 is 1.00 bits per heavy atom. The fourth-order valence-electron chi connectivity index (χ4n) is 2.48. The largest absolute Gasteiger partial charge is 0.479 e. The van der Waals surface area contributed by atoms with Crippen LogP contribution in [0.2, 0.25) is 5.02 Å². The average Bonchev–Trinajstić information content (AvgIpc) is 2.62. The van der Waals surface area contributed by atoms with Gasteiger partial charge in [-0.05, 0) is 60.2 Å². The summed E-state index contributed by atoms with van der Waals surface area (Å²) in [7, 11) is 0. The van der Waals surface area contributed by atoms with Gasteiger partial charge < -0.3 is 14.6 Å². The molecule has 0 spiro atoms. The molecule has 0 amide bonds. The topological polar surface area (TPSA) is 55.8 Å². The molecule has 154 valence electrons. The lowest BCUT2D eigenvalue weighted by Gasteiger charge is -2.13. The van der Waals surface area contributed by atoms with Crippen LogP contribution in [0.3, 0.4) is 0 Å². The molecule has 9 heteroatoms. The first-order valence-electron chi connectivity index (χ1n) is 8.11. The van der Waals surface area contributed by atoms with Crippen LogP contribution in [0.25, 0.3) is 10.8 Å². The predicted octanol–water partition coefficient (Wildman–Crippen LogP) is 6.58. The number of aliphatic carboxylic acids is 1. The summed E-state index contributed by atoms with van der Waals surface area (Å²) in [6, 6.07) is 13.0. The molecule has 3 rings (SSSR count). The maximum Gasteiger partial charge on any atom is 0.416 e. The molecule has 0 aliphatic rings. The van der Waals surface area contributed by atoms with Gasteiger partial charge in [-0.15, -0.1) is 12.4 Å². The molecule has 0 radical (unpaired) electrons. The van der Waals surface area contributed by atoms with Crippen molar-refractivity contribution in [2.24, 2.45) is 0 Å². The number of fused-ring (bicyclic) bond motifs is 1. The Morgan fingerprint density at radius 2 is 1.62 bits per heavy atom. The van der Waals surface area contributed by atoms with Crippen molar-refractivity contribution in [1.29, 1.82) is 0 Å². The van der Waals surface area contributed by atoms with Gasteiger partial charge >= 0.3 is 12.1 Å². The molecule has 4 nitrogen and oxygen atoms in total. The van der Waals surface area contributed by atoms with E-state index in [0.29, 0.717) is 16.9 Å². The summed E-state index contributed by atoms with van der Waals surface area (Å²) in [5.41, 5.74) is -0.863. The highest BCUT2D eigenvalue weighted by molar-refractivity contribution is 6.32. The molecule has 1 N–H and O–H groups in total. The average molecular weight is 447 g/mol. The molecule has 29 heavy (non-hydrogen) atoms. The second kappa shape index (κ2) is 8.80. The van der Waals surface area contributed by atoms with E-state index >= 15 is 0 Å². The first kappa shape index (κ1) is 22.6. The number of hydrogen-bond donors (Lipinski definition) is 1. The number of ether oxygens (including phenoxy) is 2. The van der Waals surface area contributed by atoms with Crippen LogP contribution >= 0.6 is 24.0 Å². The third-order valence-electron chi connectivity index (χ3n) is 3.93. The summed E-state index contributed by atoms with van der Waals surface area (Å²) in [5.74, 6) is -0.278. The van der Waals surface area contributed by atoms with Crippen molar-refractivity contribution in [3.63, 3.8) is 0 Å². The highest BCUT2D eigenvalue weighted by Gasteiger charge is 2.31. The van der Waals surface area contributed by atoms with Gasteiger partial charge in [-0.3, -0.25) is 0 Å². The minimum atomic E-state index is -4.49. The fraction of sp³-hybridized carbons (Fsp3) is 0.150. The highest BCUT2D eigenvalue weighted by atomic mass is 35.5. The van der Waals surface area contributed by atoms with Crippen LogP contribution in [0.5, 0.6) is 17.2 Å². The van der Waals surface area contributed by atoms with Crippen LogP contribution < -0.4 is 9.47 Å². The van der Waals surface area contributed by atoms with Gasteiger partial charge in [0, 0.05) is 0 Å². The van der Waals surface area contributed by atoms with Crippen LogP contribution in [0.1, 0.15) is 12.5 Å². The number of carbonyl (C=O) groups is 1. The first-order chi connectivity index (χ1) is 13.1. The van der Waals surface area contributed by atoms with E-state index in [1.54, 1.807) is 36.4 Å². The van der Waals surface area contributed by atoms with E-state index in [1.165, 1.54) is 6.92 Å². The standard InChI is InChI=1S/C20H14ClF3O4.ClH/c1-11(19(25)26)27-15-5-2-12-3-6-16(9-13(12)8-15)28-18-7-4-14(10-17(18)21)20(22,23)24;/h2-11H,1H3,(H,25,26);1H/t11-;/m1./s1. The number of carboxylic acids is 1. The SMILES string of the molecule is C[C@@H](Oc1ccc2ccc(Oc3ccc(C(F)(F)F)cc3Cl)cc2c1)C(=O)O.Cl. The quantitative estimate of drug-likeness (QED) is 0.480. The van der Waals surface area contributed by atoms with Crippen LogP contribution in [-0.4, -0.2) is 17.2 Å². The van der Waals surface area contributed by atoms with Crippen LogP contribution in [0.4, 0.5) is 13.2 Å². The lowest BCUT2D eigenvalue weighted by molar-refractivity contribution is -0.144. The van der Waals surface area contributed by atoms with E-state index in [-0.39, 0.29) is 23.2 Å². The summed E-state index contributed by atoms with van der Waals surface area (Å²) in [4.78, 5) is 10.9. The molecule has 3 aromatic rings. The van der Waals surface area contributed by atoms with E-state index in [4.69, 9.17) is 26.2 Å². The summed E-state index contributed by atoms with van der Waals surface area (Å²) in [6.07, 6.45) is -5.50. The van der Waals surface area contributed by atoms with Crippen molar-refractivity contribution in [2.45, 2.75) is 19.2 Å². The third kappa shape index (κ3) is 5.46. The second-order valence-electron chi connectivity index (χ2n) is 6.01. The summed E-state index contributed by atoms with van der Waals surface area (Å²) < 4.78 is 49.1. The van der Waals surface area contributed by atoms with Crippen LogP contribution in [0, 0.1) is 0 Å². The smallest absolute Gasteiger partial charge is 0.416 e. The molecule has 3 aromatic carbocycles. The number of hydrogen-bond acceptors (Lipinski definition) is 3. The van der Waals surface area contributed by atoms with E-state index in [2.05, 4.69) is 0 Å². The van der Waals surface area contributed by atoms with Gasteiger partial charge in [0.2, 0.25) is 0 Å². The molecule has 1 atom stereocenters. The zero-order valence-corrected chi connectivity index (χ0v) is 16.4. The van der Waals surface area contributed by atoms with Gasteiger partial charge in [0.25, 0.3) is 0 Å². The Labute approximate surface area is 175 Å². The lowest BCUT2D eigenvalue weighted by Crippen LogP contribution is -2.22. The Hall–Kier alpha value is -2.64. The summed E-state index contributed by atoms with van der Waals surface area (Å²) in [6.45, 7) is 1.42. The van der Waals surface area contributed by atoms with Crippen LogP contribution in [0.15, 0.2) is 54.6 Å². The highest BCUT2D eigenvalue weighted by Crippen LogP contribution is 2.37. The van der Waals surface area contributed by atoms with Gasteiger partial charge in [-0.2, -0.15) is 13.2 Å². The van der Waals surface area contributed by atoms with Crippen molar-refractivity contribution in [3.05, 3.63) is 65.2 Å². The van der Waals surface area contributed by atoms with Gasteiger partial charge in [-0.25, -0.2) is 4.79 Å². The van der Waals surface area contributed by atoms with Crippen LogP contribution in [-0.2, 0) is 11.0 Å². The molecule has 0 bridgehead atoms. The van der Waals surface area contributed by atoms with Crippen molar-refractivity contribution < 1.29 is 32.5 Å². The van der Waals surface area contributed by atoms with Gasteiger partial charge in [0.15, 0.2) is 6.10 Å². The Kier molecular flexibility index (Phi) is 6.87. The maximum absolute atomic E-state index is 12.7. The number of carboxylic acid groups (broad SMARTS) is 1. The van der Waals surface area contributed by atoms with E-state index in [1.807, 2.05) is 0 Å². The zero-order valence-electron chi connectivity index (χ0n) is 14.9. The molecule has 0 aliphatic carbocycles. The van der Waals surface area contributed by atoms with Crippen molar-refractivity contribution in [2.75, 3.05) is 0 Å². The minimum absolute atomic E-state index is 0. The molecular weight excluding hydrogens is 432 g/mol. The third-order valence-corrected chi connectivity index (χ3v) is 4.23. The Balaban J connectivity index is 0.00000300. The van der Waals surface area contributed by atoms with Crippen molar-refractivity contribution in [1.82, 2.24) is 0 Å². The molecule has 0 heterocycles. The van der Waals surface area contributed by atoms with Crippen molar-refractivity contribution >= 4 is 40.7 Å². The number of alkyl halides is 3. The summed E-state index contributed by atoms with van der Waals surface area (Å²) in [5, 5.41) is 10.3. The molecule has 0 aromatic heterocycles. The van der Waals surface area contributed by atoms with Crippen molar-refractivity contribution in [3.8, 4) is 17.2 Å². The molecule has 0 aliphatic heterocycles. The molecule has 0 fully saturated rings. The predicted molar refractivity (Wildman–Crippen MR) is 105 cm³/mol. The number of rotatable bonds is 5. The number of halogens is 5. The molecule has 0 saturated heterocycles. The monoisotopic (exact) mass is 446 g/mol. The molecule has 0 saturated carbocycles. The van der Waals surface area contributed by atoms with Gasteiger partial charge in [0.1, 0.15) is 17.2 Å². The Morgan fingerprint density at radius 3 is 2.21 bits per heavy atom. The van der Waals surface area contributed by atoms with Gasteiger partial charge in [0.05, 0.1) is 10.6 Å². The lowest BCUT2D eigenvalue weighted by atomic mass is 10.1. The molecular formula is C20H15Cl2F3O4. The molecule has 0 unspecified atom stereocenters. The minimum Gasteiger partial charge on any atom is -0.479 e. The number of benzene rings is 3. The Bertz CT molecular complexity index is 1040. The summed E-state index contributed by atoms with van der Waals surface area (Å²) >= 11 is 5.92. The second-order valence-corrected chi connectivity index (χ2v) is 6.42. The normalized spacial score (nSPS) is 12.2. The zero-order chi connectivity index (χ0) is 20.5. The maximum atomic E-state index is 12.7. The first-order valence-corrected chi connectivity index (χ1v) is 8.49. The van der Waals surface area contributed by atoms with Gasteiger partial charge in [-0.1, -0.05) is 23.7 Å². The van der Waals surface area contributed by atoms with E-state index in [9.17, 15) is 18.0 Å².